The van der Waals surface area contributed by atoms with Crippen LogP contribution in [-0.2, 0) is 22.5 Å². The van der Waals surface area contributed by atoms with Crippen LogP contribution in [0.3, 0.4) is 0 Å². The number of rotatable bonds is 7. The van der Waals surface area contributed by atoms with E-state index in [9.17, 15) is 9.59 Å². The second-order valence-corrected chi connectivity index (χ2v) is 12.1. The van der Waals surface area contributed by atoms with Gasteiger partial charge < -0.3 is 34.2 Å². The normalized spacial score (nSPS) is 16.4. The van der Waals surface area contributed by atoms with Crippen molar-refractivity contribution in [2.24, 2.45) is 0 Å². The molecule has 5 aromatic rings. The van der Waals surface area contributed by atoms with Gasteiger partial charge in [0.25, 0.3) is 0 Å². The Bertz CT molecular complexity index is 1860. The Hall–Kier alpha value is -5.12. The van der Waals surface area contributed by atoms with E-state index in [0.29, 0.717) is 29.2 Å². The van der Waals surface area contributed by atoms with Gasteiger partial charge >= 0.3 is 6.09 Å². The van der Waals surface area contributed by atoms with Crippen LogP contribution in [0.1, 0.15) is 49.2 Å². The molecule has 0 bridgehead atoms. The summed E-state index contributed by atoms with van der Waals surface area (Å²) in [5.74, 6) is 1.25. The van der Waals surface area contributed by atoms with Crippen molar-refractivity contribution in [3.8, 4) is 17.2 Å². The van der Waals surface area contributed by atoms with E-state index < -0.39 is 23.8 Å². The number of para-hydroxylation sites is 2. The first-order valence-electron chi connectivity index (χ1n) is 14.9. The summed E-state index contributed by atoms with van der Waals surface area (Å²) in [6.07, 6.45) is 1.62. The Morgan fingerprint density at radius 3 is 2.20 bits per heavy atom. The van der Waals surface area contributed by atoms with Crippen LogP contribution in [0.5, 0.6) is 17.2 Å². The molecule has 2 atom stereocenters. The first-order chi connectivity index (χ1) is 21.6. The average Bonchev–Trinajstić information content (AvgIpc) is 3.63. The molecule has 1 aliphatic rings. The van der Waals surface area contributed by atoms with Crippen molar-refractivity contribution in [1.82, 2.24) is 20.2 Å². The van der Waals surface area contributed by atoms with Gasteiger partial charge in [0.2, 0.25) is 5.91 Å². The summed E-state index contributed by atoms with van der Waals surface area (Å²) in [5, 5.41) is 5.03. The zero-order valence-corrected chi connectivity index (χ0v) is 26.3. The minimum Gasteiger partial charge on any atom is -0.496 e. The molecule has 45 heavy (non-hydrogen) atoms. The lowest BCUT2D eigenvalue weighted by Crippen LogP contribution is -2.55. The molecule has 0 spiro atoms. The highest BCUT2D eigenvalue weighted by atomic mass is 16.6. The number of aromatic amines is 2. The van der Waals surface area contributed by atoms with Gasteiger partial charge in [-0.1, -0.05) is 36.4 Å². The molecule has 0 saturated heterocycles. The van der Waals surface area contributed by atoms with E-state index in [-0.39, 0.29) is 12.5 Å². The number of ether oxygens (including phenoxy) is 4. The van der Waals surface area contributed by atoms with Crippen molar-refractivity contribution >= 4 is 33.8 Å². The van der Waals surface area contributed by atoms with Crippen LogP contribution in [0.15, 0.2) is 66.9 Å². The molecular formula is C35H38N4O6. The molecule has 3 N–H and O–H groups in total. The third-order valence-electron chi connectivity index (χ3n) is 8.21. The molecule has 2 amide bonds. The van der Waals surface area contributed by atoms with Crippen LogP contribution in [-0.4, -0.2) is 59.8 Å². The lowest BCUT2D eigenvalue weighted by atomic mass is 9.87. The van der Waals surface area contributed by atoms with Crippen LogP contribution >= 0.6 is 0 Å². The first kappa shape index (κ1) is 29.9. The summed E-state index contributed by atoms with van der Waals surface area (Å²) in [5.41, 5.74) is 4.43. The van der Waals surface area contributed by atoms with E-state index in [1.807, 2.05) is 75.5 Å². The first-order valence-corrected chi connectivity index (χ1v) is 14.9. The largest absolute Gasteiger partial charge is 0.496 e. The number of nitrogens with one attached hydrogen (secondary N) is 3. The monoisotopic (exact) mass is 610 g/mol. The average molecular weight is 611 g/mol. The number of methoxy groups -OCH3 is 3. The number of nitrogens with zero attached hydrogens (tertiary/aromatic N) is 1. The molecule has 1 unspecified atom stereocenters. The minimum atomic E-state index is -0.888. The van der Waals surface area contributed by atoms with Crippen molar-refractivity contribution in [3.05, 3.63) is 89.2 Å². The zero-order chi connectivity index (χ0) is 31.9. The Kier molecular flexibility index (Phi) is 7.82. The second kappa shape index (κ2) is 11.8. The van der Waals surface area contributed by atoms with Crippen molar-refractivity contribution in [1.29, 1.82) is 0 Å². The van der Waals surface area contributed by atoms with Gasteiger partial charge in [-0.2, -0.15) is 0 Å². The Balaban J connectivity index is 1.47. The number of carbonyl (C=O) groups is 2. The third kappa shape index (κ3) is 5.52. The number of carbonyl (C=O) groups excluding carboxylic acids is 2. The second-order valence-electron chi connectivity index (χ2n) is 12.1. The molecule has 0 saturated carbocycles. The molecule has 2 aromatic heterocycles. The van der Waals surface area contributed by atoms with E-state index in [2.05, 4.69) is 15.3 Å². The van der Waals surface area contributed by atoms with Crippen LogP contribution < -0.4 is 19.5 Å². The van der Waals surface area contributed by atoms with Crippen molar-refractivity contribution in [2.75, 3.05) is 21.3 Å². The smallest absolute Gasteiger partial charge is 0.411 e. The predicted octanol–water partition coefficient (Wildman–Crippen LogP) is 6.24. The fraction of sp³-hybridized carbons (Fsp3) is 0.314. The molecule has 10 heteroatoms. The van der Waals surface area contributed by atoms with Gasteiger partial charge in [0.15, 0.2) is 0 Å². The highest BCUT2D eigenvalue weighted by Crippen LogP contribution is 2.44. The summed E-state index contributed by atoms with van der Waals surface area (Å²) in [7, 11) is 4.66. The SMILES string of the molecule is COc1cc(OC)c(CNC(=O)C2Cc3c([nH]c4ccccc34)[C@H](c3c[nH]c4ccccc34)N2C(=O)OC(C)(C)C)c(OC)c1. The standard InChI is InChI=1S/C35H38N4O6/c1-35(2,3)45-34(41)39-28(33(40)37-19-25-29(43-5)15-20(42-4)16-30(25)44-6)17-23-21-11-8-10-14-27(21)38-31(23)32(39)24-18-36-26-13-9-7-12-22(24)26/h7-16,18,28,32,36,38H,17,19H2,1-6H3,(H,37,40)/t28?,32-/m0/s1. The Morgan fingerprint density at radius 2 is 1.56 bits per heavy atom. The number of hydrogen-bond acceptors (Lipinski definition) is 6. The third-order valence-corrected chi connectivity index (χ3v) is 8.21. The number of benzene rings is 3. The summed E-state index contributed by atoms with van der Waals surface area (Å²) < 4.78 is 22.6. The molecule has 3 aromatic carbocycles. The molecule has 0 radical (unpaired) electrons. The zero-order valence-electron chi connectivity index (χ0n) is 26.3. The molecule has 0 aliphatic carbocycles. The Morgan fingerprint density at radius 1 is 0.911 bits per heavy atom. The van der Waals surface area contributed by atoms with Crippen molar-refractivity contribution in [2.45, 2.75) is 51.4 Å². The van der Waals surface area contributed by atoms with Crippen molar-refractivity contribution in [3.63, 3.8) is 0 Å². The number of H-pyrrole nitrogens is 2. The lowest BCUT2D eigenvalue weighted by Gasteiger charge is -2.41. The molecule has 0 fully saturated rings. The van der Waals surface area contributed by atoms with Crippen LogP contribution in [0.4, 0.5) is 4.79 Å². The molecule has 234 valence electrons. The molecule has 6 rings (SSSR count). The topological polar surface area (TPSA) is 118 Å². The van der Waals surface area contributed by atoms with Crippen LogP contribution in [0.25, 0.3) is 21.8 Å². The van der Waals surface area contributed by atoms with Gasteiger partial charge in [-0.05, 0) is 38.5 Å². The predicted molar refractivity (Wildman–Crippen MR) is 172 cm³/mol. The van der Waals surface area contributed by atoms with Gasteiger partial charge in [0.05, 0.1) is 33.4 Å². The molecular weight excluding hydrogens is 572 g/mol. The summed E-state index contributed by atoms with van der Waals surface area (Å²) in [6.45, 7) is 5.57. The van der Waals surface area contributed by atoms with E-state index in [0.717, 1.165) is 38.6 Å². The lowest BCUT2D eigenvalue weighted by molar-refractivity contribution is -0.127. The minimum absolute atomic E-state index is 0.103. The van der Waals surface area contributed by atoms with Gasteiger partial charge in [-0.3, -0.25) is 9.69 Å². The van der Waals surface area contributed by atoms with Gasteiger partial charge in [-0.15, -0.1) is 0 Å². The van der Waals surface area contributed by atoms with Crippen LogP contribution in [0, 0.1) is 0 Å². The van der Waals surface area contributed by atoms with E-state index in [4.69, 9.17) is 18.9 Å². The number of fused-ring (bicyclic) bond motifs is 4. The van der Waals surface area contributed by atoms with Crippen LogP contribution in [0.2, 0.25) is 0 Å². The van der Waals surface area contributed by atoms with Gasteiger partial charge in [0, 0.05) is 57.8 Å². The summed E-state index contributed by atoms with van der Waals surface area (Å²) >= 11 is 0. The van der Waals surface area contributed by atoms with E-state index in [1.54, 1.807) is 38.4 Å². The number of aromatic nitrogens is 2. The maximum Gasteiger partial charge on any atom is 0.411 e. The number of hydrogen-bond donors (Lipinski definition) is 3. The molecule has 3 heterocycles. The maximum absolute atomic E-state index is 14.3. The highest BCUT2D eigenvalue weighted by Gasteiger charge is 2.46. The number of amides is 2. The highest BCUT2D eigenvalue weighted by molar-refractivity contribution is 5.93. The van der Waals surface area contributed by atoms with E-state index >= 15 is 0 Å². The summed E-state index contributed by atoms with van der Waals surface area (Å²) in [4.78, 5) is 37.0. The summed E-state index contributed by atoms with van der Waals surface area (Å²) in [6, 6.07) is 17.9. The fourth-order valence-corrected chi connectivity index (χ4v) is 6.22. The fourth-order valence-electron chi connectivity index (χ4n) is 6.22. The van der Waals surface area contributed by atoms with Crippen molar-refractivity contribution < 1.29 is 28.5 Å². The van der Waals surface area contributed by atoms with Gasteiger partial charge in [0.1, 0.15) is 34.9 Å². The quantitative estimate of drug-likeness (QED) is 0.201. The Labute approximate surface area is 261 Å². The van der Waals surface area contributed by atoms with E-state index in [1.165, 1.54) is 0 Å². The maximum atomic E-state index is 14.3. The molecule has 1 aliphatic heterocycles. The molecule has 10 nitrogen and oxygen atoms in total. The van der Waals surface area contributed by atoms with Gasteiger partial charge in [-0.25, -0.2) is 4.79 Å².